The molecular weight excluding hydrogens is 438 g/mol. The highest BCUT2D eigenvalue weighted by Gasteiger charge is 2.31. The molecule has 0 fully saturated rings. The van der Waals surface area contributed by atoms with Gasteiger partial charge in [-0.3, -0.25) is 4.79 Å². The molecule has 0 aliphatic rings. The Morgan fingerprint density at radius 3 is 2.09 bits per heavy atom. The number of alkyl halides is 6. The van der Waals surface area contributed by atoms with Crippen LogP contribution in [0.15, 0.2) is 42.5 Å². The Kier molecular flexibility index (Phi) is 8.20. The number of esters is 1. The number of hydrogen-bond donors (Lipinski definition) is 0. The van der Waals surface area contributed by atoms with Crippen LogP contribution in [0.25, 0.3) is 11.1 Å². The van der Waals surface area contributed by atoms with E-state index >= 15 is 0 Å². The highest BCUT2D eigenvalue weighted by Crippen LogP contribution is 2.37. The molecule has 0 bridgehead atoms. The summed E-state index contributed by atoms with van der Waals surface area (Å²) in [5, 5.41) is 0. The minimum atomic E-state index is -4.62. The third-order valence-electron chi connectivity index (χ3n) is 4.60. The van der Waals surface area contributed by atoms with Gasteiger partial charge in [0.2, 0.25) is 0 Å². The molecule has 0 heterocycles. The van der Waals surface area contributed by atoms with E-state index in [0.717, 1.165) is 24.3 Å². The van der Waals surface area contributed by atoms with Gasteiger partial charge in [0.25, 0.3) is 0 Å². The second-order valence-corrected chi connectivity index (χ2v) is 7.67. The SMILES string of the molecule is CCOC(=O)C(CC(C)C)c1ccc(-c2ccc(C(F)(F)F)cc2)c(OCC(F)(F)F)c1. The molecule has 0 saturated carbocycles. The first-order chi connectivity index (χ1) is 14.8. The van der Waals surface area contributed by atoms with Crippen molar-refractivity contribution in [2.24, 2.45) is 5.92 Å². The van der Waals surface area contributed by atoms with Crippen LogP contribution in [0.1, 0.15) is 44.2 Å². The maximum atomic E-state index is 12.8. The van der Waals surface area contributed by atoms with Gasteiger partial charge < -0.3 is 9.47 Å². The molecule has 0 saturated heterocycles. The molecule has 9 heteroatoms. The molecule has 0 aromatic heterocycles. The Bertz CT molecular complexity index is 901. The minimum Gasteiger partial charge on any atom is -0.483 e. The van der Waals surface area contributed by atoms with Gasteiger partial charge in [-0.15, -0.1) is 0 Å². The molecule has 0 N–H and O–H groups in total. The summed E-state index contributed by atoms with van der Waals surface area (Å²) in [4.78, 5) is 12.4. The summed E-state index contributed by atoms with van der Waals surface area (Å²) >= 11 is 0. The zero-order valence-corrected chi connectivity index (χ0v) is 17.8. The first-order valence-electron chi connectivity index (χ1n) is 9.99. The van der Waals surface area contributed by atoms with E-state index < -0.39 is 36.4 Å². The summed E-state index contributed by atoms with van der Waals surface area (Å²) in [5.74, 6) is -1.31. The van der Waals surface area contributed by atoms with Crippen molar-refractivity contribution in [3.05, 3.63) is 53.6 Å². The van der Waals surface area contributed by atoms with Crippen molar-refractivity contribution >= 4 is 5.97 Å². The van der Waals surface area contributed by atoms with Crippen LogP contribution in [0.5, 0.6) is 5.75 Å². The second kappa shape index (κ2) is 10.3. The Morgan fingerprint density at radius 2 is 1.59 bits per heavy atom. The fraction of sp³-hybridized carbons (Fsp3) is 0.435. The molecule has 32 heavy (non-hydrogen) atoms. The van der Waals surface area contributed by atoms with Crippen molar-refractivity contribution in [2.75, 3.05) is 13.2 Å². The summed E-state index contributed by atoms with van der Waals surface area (Å²) < 4.78 is 87.0. The maximum Gasteiger partial charge on any atom is 0.422 e. The first kappa shape index (κ1) is 25.5. The summed E-state index contributed by atoms with van der Waals surface area (Å²) in [6.45, 7) is 4.00. The van der Waals surface area contributed by atoms with Crippen molar-refractivity contribution < 1.29 is 40.6 Å². The monoisotopic (exact) mass is 462 g/mol. The van der Waals surface area contributed by atoms with E-state index in [1.54, 1.807) is 13.0 Å². The van der Waals surface area contributed by atoms with Gasteiger partial charge >= 0.3 is 18.3 Å². The quantitative estimate of drug-likeness (QED) is 0.313. The maximum absolute atomic E-state index is 12.8. The van der Waals surface area contributed by atoms with Gasteiger partial charge in [-0.05, 0) is 48.6 Å². The van der Waals surface area contributed by atoms with Crippen molar-refractivity contribution in [1.29, 1.82) is 0 Å². The Balaban J connectivity index is 2.51. The van der Waals surface area contributed by atoms with Gasteiger partial charge in [0.05, 0.1) is 18.1 Å². The molecule has 2 aromatic rings. The summed E-state index contributed by atoms with van der Waals surface area (Å²) in [6.07, 6.45) is -8.76. The fourth-order valence-corrected chi connectivity index (χ4v) is 3.19. The molecule has 1 unspecified atom stereocenters. The van der Waals surface area contributed by atoms with Gasteiger partial charge in [-0.2, -0.15) is 26.3 Å². The van der Waals surface area contributed by atoms with Gasteiger partial charge in [0.15, 0.2) is 6.61 Å². The van der Waals surface area contributed by atoms with Crippen LogP contribution < -0.4 is 4.74 Å². The number of ether oxygens (including phenoxy) is 2. The predicted molar refractivity (Wildman–Crippen MR) is 107 cm³/mol. The van der Waals surface area contributed by atoms with E-state index in [9.17, 15) is 31.1 Å². The third-order valence-corrected chi connectivity index (χ3v) is 4.60. The topological polar surface area (TPSA) is 35.5 Å². The highest BCUT2D eigenvalue weighted by atomic mass is 19.4. The van der Waals surface area contributed by atoms with Gasteiger partial charge in [-0.1, -0.05) is 38.1 Å². The number of carbonyl (C=O) groups is 1. The number of hydrogen-bond acceptors (Lipinski definition) is 3. The van der Waals surface area contributed by atoms with Gasteiger partial charge in [0.1, 0.15) is 5.75 Å². The van der Waals surface area contributed by atoms with Crippen LogP contribution in [0.2, 0.25) is 0 Å². The fourth-order valence-electron chi connectivity index (χ4n) is 3.19. The van der Waals surface area contributed by atoms with Crippen LogP contribution in [0.3, 0.4) is 0 Å². The average Bonchev–Trinajstić information content (AvgIpc) is 2.69. The number of rotatable bonds is 8. The minimum absolute atomic E-state index is 0.0959. The van der Waals surface area contributed by atoms with E-state index in [4.69, 9.17) is 9.47 Å². The van der Waals surface area contributed by atoms with Gasteiger partial charge in [0, 0.05) is 5.56 Å². The van der Waals surface area contributed by atoms with Crippen LogP contribution in [-0.4, -0.2) is 25.4 Å². The zero-order chi connectivity index (χ0) is 24.1. The van der Waals surface area contributed by atoms with E-state index in [-0.39, 0.29) is 29.4 Å². The summed E-state index contributed by atoms with van der Waals surface area (Å²) in [5.41, 5.74) is -0.0444. The summed E-state index contributed by atoms with van der Waals surface area (Å²) in [6, 6.07) is 8.33. The predicted octanol–water partition coefficient (Wildman–Crippen LogP) is 7.01. The molecule has 2 aromatic carbocycles. The molecular formula is C23H24F6O3. The molecule has 1 atom stereocenters. The van der Waals surface area contributed by atoms with Crippen molar-refractivity contribution in [1.82, 2.24) is 0 Å². The standard InChI is InChI=1S/C23H24F6O3/c1-4-31-21(30)19(11-14(2)3)16-7-10-18(20(12-16)32-13-22(24,25)26)15-5-8-17(9-6-15)23(27,28)29/h5-10,12,14,19H,4,11,13H2,1-3H3. The van der Waals surface area contributed by atoms with E-state index in [2.05, 4.69) is 0 Å². The van der Waals surface area contributed by atoms with Crippen LogP contribution in [0.4, 0.5) is 26.3 Å². The van der Waals surface area contributed by atoms with Crippen molar-refractivity contribution in [2.45, 2.75) is 45.5 Å². The Labute approximate surface area is 182 Å². The Morgan fingerprint density at radius 1 is 0.969 bits per heavy atom. The zero-order valence-electron chi connectivity index (χ0n) is 17.8. The molecule has 0 aliphatic carbocycles. The van der Waals surface area contributed by atoms with Crippen LogP contribution >= 0.6 is 0 Å². The lowest BCUT2D eigenvalue weighted by molar-refractivity contribution is -0.153. The van der Waals surface area contributed by atoms with Gasteiger partial charge in [-0.25, -0.2) is 0 Å². The first-order valence-corrected chi connectivity index (χ1v) is 9.99. The second-order valence-electron chi connectivity index (χ2n) is 7.67. The summed E-state index contributed by atoms with van der Waals surface area (Å²) in [7, 11) is 0. The number of halogens is 6. The third kappa shape index (κ3) is 7.17. The number of carbonyl (C=O) groups excluding carboxylic acids is 1. The van der Waals surface area contributed by atoms with E-state index in [1.165, 1.54) is 12.1 Å². The molecule has 0 spiro atoms. The normalized spacial score (nSPS) is 13.2. The van der Waals surface area contributed by atoms with Crippen molar-refractivity contribution in [3.63, 3.8) is 0 Å². The van der Waals surface area contributed by atoms with Crippen LogP contribution in [-0.2, 0) is 15.7 Å². The lowest BCUT2D eigenvalue weighted by atomic mass is 9.89. The average molecular weight is 462 g/mol. The molecule has 0 aliphatic heterocycles. The molecule has 3 nitrogen and oxygen atoms in total. The van der Waals surface area contributed by atoms with E-state index in [0.29, 0.717) is 12.0 Å². The highest BCUT2D eigenvalue weighted by molar-refractivity contribution is 5.80. The Hall–Kier alpha value is -2.71. The smallest absolute Gasteiger partial charge is 0.422 e. The van der Waals surface area contributed by atoms with E-state index in [1.807, 2.05) is 13.8 Å². The largest absolute Gasteiger partial charge is 0.483 e. The van der Waals surface area contributed by atoms with Crippen molar-refractivity contribution in [3.8, 4) is 16.9 Å². The lowest BCUT2D eigenvalue weighted by Gasteiger charge is -2.21. The van der Waals surface area contributed by atoms with Crippen LogP contribution in [0, 0.1) is 5.92 Å². The molecule has 176 valence electrons. The molecule has 0 amide bonds. The molecule has 2 rings (SSSR count). The molecule has 0 radical (unpaired) electrons. The number of benzene rings is 2. The lowest BCUT2D eigenvalue weighted by Crippen LogP contribution is -2.20.